The van der Waals surface area contributed by atoms with Crippen LogP contribution in [0.4, 0.5) is 5.69 Å². The zero-order valence-electron chi connectivity index (χ0n) is 10.4. The van der Waals surface area contributed by atoms with E-state index in [1.54, 1.807) is 0 Å². The minimum Gasteiger partial charge on any atom is -0.381 e. The first-order chi connectivity index (χ1) is 7.79. The van der Waals surface area contributed by atoms with Crippen molar-refractivity contribution in [2.45, 2.75) is 52.0 Å². The van der Waals surface area contributed by atoms with Crippen molar-refractivity contribution < 1.29 is 0 Å². The Hall–Kier alpha value is -1.05. The second-order valence-electron chi connectivity index (χ2n) is 4.89. The molecule has 2 atom stereocenters. The van der Waals surface area contributed by atoms with E-state index >= 15 is 0 Å². The molecule has 0 saturated heterocycles. The van der Waals surface area contributed by atoms with E-state index in [1.807, 2.05) is 13.1 Å². The van der Waals surface area contributed by atoms with Gasteiger partial charge in [-0.1, -0.05) is 26.2 Å². The highest BCUT2D eigenvalue weighted by atomic mass is 14.9. The number of hydrogen-bond donors (Lipinski definition) is 1. The molecule has 0 bridgehead atoms. The fraction of sp³-hybridized carbons (Fsp3) is 0.643. The van der Waals surface area contributed by atoms with Gasteiger partial charge in [0.15, 0.2) is 0 Å². The van der Waals surface area contributed by atoms with Gasteiger partial charge in [-0.15, -0.1) is 0 Å². The smallest absolute Gasteiger partial charge is 0.0529 e. The largest absolute Gasteiger partial charge is 0.381 e. The van der Waals surface area contributed by atoms with Gasteiger partial charge >= 0.3 is 0 Å². The lowest BCUT2D eigenvalue weighted by Gasteiger charge is -2.32. The van der Waals surface area contributed by atoms with Crippen molar-refractivity contribution in [1.29, 1.82) is 0 Å². The summed E-state index contributed by atoms with van der Waals surface area (Å²) in [5.74, 6) is 0.843. The number of aromatic nitrogens is 1. The van der Waals surface area contributed by atoms with Gasteiger partial charge in [0.2, 0.25) is 0 Å². The number of nitrogens with one attached hydrogen (secondary N) is 1. The summed E-state index contributed by atoms with van der Waals surface area (Å²) in [6.07, 6.45) is 8.71. The fourth-order valence-electron chi connectivity index (χ4n) is 2.65. The second-order valence-corrected chi connectivity index (χ2v) is 4.89. The van der Waals surface area contributed by atoms with Crippen LogP contribution in [-0.2, 0) is 0 Å². The van der Waals surface area contributed by atoms with E-state index in [0.29, 0.717) is 6.04 Å². The Balaban J connectivity index is 1.99. The Bertz CT molecular complexity index is 318. The first-order valence-corrected chi connectivity index (χ1v) is 6.49. The molecule has 1 saturated carbocycles. The van der Waals surface area contributed by atoms with Crippen LogP contribution in [0.15, 0.2) is 18.3 Å². The maximum atomic E-state index is 4.33. The normalized spacial score (nSPS) is 25.4. The molecule has 2 heteroatoms. The summed E-state index contributed by atoms with van der Waals surface area (Å²) in [6, 6.07) is 4.87. The summed E-state index contributed by atoms with van der Waals surface area (Å²) in [5, 5.41) is 3.65. The van der Waals surface area contributed by atoms with Gasteiger partial charge in [-0.2, -0.15) is 0 Å². The summed E-state index contributed by atoms with van der Waals surface area (Å²) in [7, 11) is 0. The Morgan fingerprint density at radius 3 is 2.81 bits per heavy atom. The van der Waals surface area contributed by atoms with E-state index < -0.39 is 0 Å². The molecule has 1 aromatic heterocycles. The molecule has 2 nitrogen and oxygen atoms in total. The maximum Gasteiger partial charge on any atom is 0.0529 e. The summed E-state index contributed by atoms with van der Waals surface area (Å²) < 4.78 is 0. The first kappa shape index (κ1) is 11.4. The van der Waals surface area contributed by atoms with Crippen molar-refractivity contribution in [3.63, 3.8) is 0 Å². The van der Waals surface area contributed by atoms with Crippen LogP contribution in [0, 0.1) is 12.8 Å². The number of pyridine rings is 1. The third-order valence-electron chi connectivity index (χ3n) is 3.70. The summed E-state index contributed by atoms with van der Waals surface area (Å²) >= 11 is 0. The number of nitrogens with zero attached hydrogens (tertiary/aromatic N) is 1. The van der Waals surface area contributed by atoms with Gasteiger partial charge in [-0.05, 0) is 37.8 Å². The van der Waals surface area contributed by atoms with Crippen molar-refractivity contribution in [3.05, 3.63) is 24.0 Å². The number of anilines is 1. The van der Waals surface area contributed by atoms with E-state index in [2.05, 4.69) is 29.4 Å². The lowest BCUT2D eigenvalue weighted by molar-refractivity contribution is 0.317. The highest BCUT2D eigenvalue weighted by Gasteiger charge is 2.23. The molecule has 1 aliphatic rings. The molecule has 0 spiro atoms. The van der Waals surface area contributed by atoms with Gasteiger partial charge in [0, 0.05) is 11.7 Å². The average molecular weight is 218 g/mol. The number of hydrogen-bond acceptors (Lipinski definition) is 2. The van der Waals surface area contributed by atoms with Crippen molar-refractivity contribution in [2.75, 3.05) is 5.32 Å². The Kier molecular flexibility index (Phi) is 3.81. The monoisotopic (exact) mass is 218 g/mol. The van der Waals surface area contributed by atoms with Gasteiger partial charge in [0.05, 0.1) is 11.9 Å². The molecule has 88 valence electrons. The van der Waals surface area contributed by atoms with Crippen LogP contribution >= 0.6 is 0 Å². The van der Waals surface area contributed by atoms with Crippen LogP contribution in [0.25, 0.3) is 0 Å². The van der Waals surface area contributed by atoms with Crippen LogP contribution in [0.5, 0.6) is 0 Å². The molecule has 16 heavy (non-hydrogen) atoms. The molecule has 0 aromatic carbocycles. The van der Waals surface area contributed by atoms with Crippen molar-refractivity contribution >= 4 is 5.69 Å². The molecule has 0 aliphatic heterocycles. The molecule has 1 aliphatic carbocycles. The molecule has 2 unspecified atom stereocenters. The SMILES string of the molecule is CCC1CCCCC1Nc1ccc(C)nc1. The third-order valence-corrected chi connectivity index (χ3v) is 3.70. The van der Waals surface area contributed by atoms with Crippen LogP contribution in [0.1, 0.15) is 44.7 Å². The van der Waals surface area contributed by atoms with Crippen molar-refractivity contribution in [3.8, 4) is 0 Å². The molecule has 1 heterocycles. The van der Waals surface area contributed by atoms with E-state index in [4.69, 9.17) is 0 Å². The minimum atomic E-state index is 0.656. The molecule has 1 aromatic rings. The lowest BCUT2D eigenvalue weighted by atomic mass is 9.83. The van der Waals surface area contributed by atoms with Gasteiger partial charge in [-0.3, -0.25) is 4.98 Å². The topological polar surface area (TPSA) is 24.9 Å². The fourth-order valence-corrected chi connectivity index (χ4v) is 2.65. The van der Waals surface area contributed by atoms with Crippen LogP contribution in [0.2, 0.25) is 0 Å². The van der Waals surface area contributed by atoms with Crippen LogP contribution in [0.3, 0.4) is 0 Å². The highest BCUT2D eigenvalue weighted by molar-refractivity contribution is 5.42. The summed E-state index contributed by atoms with van der Waals surface area (Å²) in [5.41, 5.74) is 2.26. The minimum absolute atomic E-state index is 0.656. The average Bonchev–Trinajstić information content (AvgIpc) is 2.33. The highest BCUT2D eigenvalue weighted by Crippen LogP contribution is 2.29. The first-order valence-electron chi connectivity index (χ1n) is 6.49. The van der Waals surface area contributed by atoms with Gasteiger partial charge in [0.25, 0.3) is 0 Å². The molecule has 1 N–H and O–H groups in total. The Morgan fingerprint density at radius 1 is 1.31 bits per heavy atom. The Labute approximate surface area is 98.5 Å². The maximum absolute atomic E-state index is 4.33. The predicted octanol–water partition coefficient (Wildman–Crippen LogP) is 3.77. The Morgan fingerprint density at radius 2 is 2.12 bits per heavy atom. The lowest BCUT2D eigenvalue weighted by Crippen LogP contribution is -2.31. The van der Waals surface area contributed by atoms with E-state index in [1.165, 1.54) is 37.8 Å². The zero-order valence-corrected chi connectivity index (χ0v) is 10.4. The van der Waals surface area contributed by atoms with Crippen molar-refractivity contribution in [1.82, 2.24) is 4.98 Å². The summed E-state index contributed by atoms with van der Waals surface area (Å²) in [6.45, 7) is 4.33. The van der Waals surface area contributed by atoms with Gasteiger partial charge in [0.1, 0.15) is 0 Å². The quantitative estimate of drug-likeness (QED) is 0.835. The van der Waals surface area contributed by atoms with Gasteiger partial charge in [-0.25, -0.2) is 0 Å². The molecular formula is C14H22N2. The molecule has 0 radical (unpaired) electrons. The predicted molar refractivity (Wildman–Crippen MR) is 68.6 cm³/mol. The van der Waals surface area contributed by atoms with Gasteiger partial charge < -0.3 is 5.32 Å². The molecule has 1 fully saturated rings. The van der Waals surface area contributed by atoms with Crippen molar-refractivity contribution in [2.24, 2.45) is 5.92 Å². The molecule has 0 amide bonds. The van der Waals surface area contributed by atoms with E-state index in [0.717, 1.165) is 11.6 Å². The zero-order chi connectivity index (χ0) is 11.4. The second kappa shape index (κ2) is 5.33. The number of rotatable bonds is 3. The third kappa shape index (κ3) is 2.75. The number of aryl methyl sites for hydroxylation is 1. The molecular weight excluding hydrogens is 196 g/mol. The molecule has 2 rings (SSSR count). The standard InChI is InChI=1S/C14H22N2/c1-3-12-6-4-5-7-14(12)16-13-9-8-11(2)15-10-13/h8-10,12,14,16H,3-7H2,1-2H3. The van der Waals surface area contributed by atoms with Crippen LogP contribution in [-0.4, -0.2) is 11.0 Å². The van der Waals surface area contributed by atoms with E-state index in [-0.39, 0.29) is 0 Å². The van der Waals surface area contributed by atoms with E-state index in [9.17, 15) is 0 Å². The summed E-state index contributed by atoms with van der Waals surface area (Å²) in [4.78, 5) is 4.33. The van der Waals surface area contributed by atoms with Crippen LogP contribution < -0.4 is 5.32 Å².